The first-order valence-corrected chi connectivity index (χ1v) is 10.7. The monoisotopic (exact) mass is 391 g/mol. The number of piperidine rings is 3. The zero-order chi connectivity index (χ0) is 17.9. The first-order valence-electron chi connectivity index (χ1n) is 9.43. The summed E-state index contributed by atoms with van der Waals surface area (Å²) < 4.78 is 5.46. The van der Waals surface area contributed by atoms with Crippen molar-refractivity contribution in [3.8, 4) is 10.8 Å². The molecule has 8 heteroatoms. The van der Waals surface area contributed by atoms with E-state index in [1.54, 1.807) is 11.3 Å². The summed E-state index contributed by atoms with van der Waals surface area (Å²) in [5.74, 6) is 2.08. The number of rotatable bonds is 6. The summed E-state index contributed by atoms with van der Waals surface area (Å²) in [6, 6.07) is 2.46. The summed E-state index contributed by atoms with van der Waals surface area (Å²) in [6.45, 7) is 5.71. The van der Waals surface area contributed by atoms with Crippen molar-refractivity contribution in [2.45, 2.75) is 45.1 Å². The number of unbranched alkanes of at least 4 members (excludes halogenated alkanes) is 1. The molecule has 3 aliphatic heterocycles. The van der Waals surface area contributed by atoms with Crippen LogP contribution in [0.5, 0.6) is 0 Å². The van der Waals surface area contributed by atoms with Gasteiger partial charge in [-0.3, -0.25) is 0 Å². The zero-order valence-corrected chi connectivity index (χ0v) is 16.7. The lowest BCUT2D eigenvalue weighted by Gasteiger charge is -2.45. The van der Waals surface area contributed by atoms with Gasteiger partial charge >= 0.3 is 0 Å². The van der Waals surface area contributed by atoms with Crippen LogP contribution in [0.25, 0.3) is 10.8 Å². The molecule has 5 heterocycles. The van der Waals surface area contributed by atoms with Crippen LogP contribution in [0.2, 0.25) is 0 Å². The fourth-order valence-corrected chi connectivity index (χ4v) is 4.84. The van der Waals surface area contributed by atoms with E-state index in [2.05, 4.69) is 32.6 Å². The Morgan fingerprint density at radius 2 is 2.27 bits per heavy atom. The predicted molar refractivity (Wildman–Crippen MR) is 109 cm³/mol. The molecule has 0 amide bonds. The fourth-order valence-electron chi connectivity index (χ4n) is 3.81. The van der Waals surface area contributed by atoms with Gasteiger partial charge in [-0.15, -0.1) is 11.3 Å². The van der Waals surface area contributed by atoms with Crippen LogP contribution in [-0.2, 0) is 6.42 Å². The van der Waals surface area contributed by atoms with E-state index in [1.807, 2.05) is 11.4 Å². The highest BCUT2D eigenvalue weighted by molar-refractivity contribution is 7.80. The quantitative estimate of drug-likeness (QED) is 0.730. The Morgan fingerprint density at radius 3 is 3.00 bits per heavy atom. The Bertz CT molecular complexity index is 750. The molecular weight excluding hydrogens is 366 g/mol. The molecule has 0 aromatic carbocycles. The maximum atomic E-state index is 5.57. The van der Waals surface area contributed by atoms with Crippen LogP contribution >= 0.6 is 23.6 Å². The summed E-state index contributed by atoms with van der Waals surface area (Å²) in [6.07, 6.45) is 5.59. The van der Waals surface area contributed by atoms with E-state index in [0.29, 0.717) is 17.0 Å². The Balaban J connectivity index is 1.39. The van der Waals surface area contributed by atoms with Crippen molar-refractivity contribution in [1.82, 2.24) is 20.4 Å². The first kappa shape index (κ1) is 17.9. The minimum Gasteiger partial charge on any atom is -0.358 e. The lowest BCUT2D eigenvalue weighted by molar-refractivity contribution is 0.0815. The minimum atomic E-state index is 0.448. The fraction of sp³-hybridized carbons (Fsp3) is 0.611. The first-order chi connectivity index (χ1) is 12.7. The molecule has 1 unspecified atom stereocenters. The summed E-state index contributed by atoms with van der Waals surface area (Å²) in [5, 5.41) is 13.6. The predicted octanol–water partition coefficient (Wildman–Crippen LogP) is 3.52. The molecule has 5 rings (SSSR count). The van der Waals surface area contributed by atoms with Gasteiger partial charge in [0.05, 0.1) is 5.69 Å². The van der Waals surface area contributed by atoms with E-state index in [0.717, 1.165) is 48.1 Å². The van der Waals surface area contributed by atoms with Gasteiger partial charge in [-0.25, -0.2) is 0 Å². The third kappa shape index (κ3) is 3.92. The van der Waals surface area contributed by atoms with Crippen LogP contribution in [0.15, 0.2) is 16.0 Å². The normalized spacial score (nSPS) is 24.6. The second-order valence-corrected chi connectivity index (χ2v) is 8.45. The van der Waals surface area contributed by atoms with Crippen molar-refractivity contribution in [3.63, 3.8) is 0 Å². The second-order valence-electron chi connectivity index (χ2n) is 7.13. The summed E-state index contributed by atoms with van der Waals surface area (Å²) in [4.78, 5) is 7.99. The molecular formula is C18H25N5OS2. The Hall–Kier alpha value is -1.51. The van der Waals surface area contributed by atoms with Gasteiger partial charge in [-0.05, 0) is 61.9 Å². The largest absolute Gasteiger partial charge is 0.358 e. The molecule has 1 atom stereocenters. The molecule has 3 fully saturated rings. The number of hydrogen-bond acceptors (Lipinski definition) is 6. The SMILES string of the molecule is CCCCc1noc(-c2sccc2NC(=S)NC2CN3CCC2CC3)n1. The number of nitrogens with one attached hydrogen (secondary N) is 2. The number of anilines is 1. The van der Waals surface area contributed by atoms with Gasteiger partial charge < -0.3 is 20.1 Å². The number of nitrogens with zero attached hydrogens (tertiary/aromatic N) is 3. The number of aromatic nitrogens is 2. The van der Waals surface area contributed by atoms with E-state index < -0.39 is 0 Å². The van der Waals surface area contributed by atoms with Gasteiger partial charge in [-0.1, -0.05) is 18.5 Å². The highest BCUT2D eigenvalue weighted by Crippen LogP contribution is 2.33. The zero-order valence-electron chi connectivity index (χ0n) is 15.0. The standard InChI is InChI=1S/C18H25N5OS2/c1-2-3-4-15-21-17(24-22-15)16-13(7-10-26-16)19-18(25)20-14-11-23-8-5-12(14)6-9-23/h7,10,12,14H,2-6,8-9,11H2,1H3,(H2,19,20,25). The number of aryl methyl sites for hydroxylation is 1. The van der Waals surface area contributed by atoms with Gasteiger partial charge in [0, 0.05) is 19.0 Å². The summed E-state index contributed by atoms with van der Waals surface area (Å²) in [7, 11) is 0. The molecule has 26 heavy (non-hydrogen) atoms. The summed E-state index contributed by atoms with van der Waals surface area (Å²) >= 11 is 7.15. The molecule has 140 valence electrons. The third-order valence-corrected chi connectivity index (χ3v) is 6.42. The van der Waals surface area contributed by atoms with Gasteiger partial charge in [-0.2, -0.15) is 4.98 Å². The van der Waals surface area contributed by atoms with E-state index in [4.69, 9.17) is 16.7 Å². The van der Waals surface area contributed by atoms with Crippen LogP contribution < -0.4 is 10.6 Å². The lowest BCUT2D eigenvalue weighted by Crippen LogP contribution is -2.57. The van der Waals surface area contributed by atoms with E-state index in [9.17, 15) is 0 Å². The van der Waals surface area contributed by atoms with Crippen molar-refractivity contribution in [2.24, 2.45) is 5.92 Å². The molecule has 0 aliphatic carbocycles. The number of hydrogen-bond donors (Lipinski definition) is 2. The summed E-state index contributed by atoms with van der Waals surface area (Å²) in [5.41, 5.74) is 0.930. The highest BCUT2D eigenvalue weighted by Gasteiger charge is 2.34. The van der Waals surface area contributed by atoms with Crippen LogP contribution in [0.1, 0.15) is 38.4 Å². The maximum Gasteiger partial charge on any atom is 0.270 e. The van der Waals surface area contributed by atoms with Crippen LogP contribution in [0.4, 0.5) is 5.69 Å². The molecule has 2 N–H and O–H groups in total. The number of thiocarbonyl (C=S) groups is 1. The van der Waals surface area contributed by atoms with Gasteiger partial charge in [0.25, 0.3) is 5.89 Å². The Labute approximate surface area is 163 Å². The molecule has 2 bridgehead atoms. The smallest absolute Gasteiger partial charge is 0.270 e. The topological polar surface area (TPSA) is 66.2 Å². The van der Waals surface area contributed by atoms with E-state index in [1.165, 1.54) is 25.9 Å². The Kier molecular flexibility index (Phi) is 5.52. The van der Waals surface area contributed by atoms with E-state index in [-0.39, 0.29) is 0 Å². The lowest BCUT2D eigenvalue weighted by atomic mass is 9.84. The average molecular weight is 392 g/mol. The minimum absolute atomic E-state index is 0.448. The van der Waals surface area contributed by atoms with E-state index >= 15 is 0 Å². The molecule has 6 nitrogen and oxygen atoms in total. The van der Waals surface area contributed by atoms with Crippen molar-refractivity contribution in [1.29, 1.82) is 0 Å². The third-order valence-electron chi connectivity index (χ3n) is 5.30. The maximum absolute atomic E-state index is 5.57. The van der Waals surface area contributed by atoms with Crippen molar-refractivity contribution in [2.75, 3.05) is 25.0 Å². The molecule has 0 radical (unpaired) electrons. The molecule has 2 aromatic heterocycles. The average Bonchev–Trinajstić information content (AvgIpc) is 3.30. The van der Waals surface area contributed by atoms with Gasteiger partial charge in [0.2, 0.25) is 0 Å². The molecule has 0 saturated carbocycles. The van der Waals surface area contributed by atoms with Crippen molar-refractivity contribution >= 4 is 34.4 Å². The van der Waals surface area contributed by atoms with Gasteiger partial charge in [0.1, 0.15) is 4.88 Å². The van der Waals surface area contributed by atoms with Crippen molar-refractivity contribution < 1.29 is 4.52 Å². The second kappa shape index (κ2) is 8.02. The Morgan fingerprint density at radius 1 is 1.42 bits per heavy atom. The molecule has 3 aliphatic rings. The van der Waals surface area contributed by atoms with Crippen molar-refractivity contribution in [3.05, 3.63) is 17.3 Å². The number of fused-ring (bicyclic) bond motifs is 3. The molecule has 2 aromatic rings. The molecule has 3 saturated heterocycles. The van der Waals surface area contributed by atoms with Crippen LogP contribution in [0, 0.1) is 5.92 Å². The highest BCUT2D eigenvalue weighted by atomic mass is 32.1. The van der Waals surface area contributed by atoms with Crippen LogP contribution in [-0.4, -0.2) is 45.8 Å². The van der Waals surface area contributed by atoms with Gasteiger partial charge in [0.15, 0.2) is 10.9 Å². The van der Waals surface area contributed by atoms with Crippen LogP contribution in [0.3, 0.4) is 0 Å². The number of thiophene rings is 1. The molecule has 0 spiro atoms.